The van der Waals surface area contributed by atoms with E-state index in [0.29, 0.717) is 17.1 Å². The van der Waals surface area contributed by atoms with Gasteiger partial charge in [0.2, 0.25) is 5.91 Å². The van der Waals surface area contributed by atoms with Gasteiger partial charge >= 0.3 is 0 Å². The molecule has 0 aromatic carbocycles. The highest BCUT2D eigenvalue weighted by molar-refractivity contribution is 5.95. The summed E-state index contributed by atoms with van der Waals surface area (Å²) >= 11 is 0. The molecule has 6 heteroatoms. The van der Waals surface area contributed by atoms with Crippen molar-refractivity contribution in [3.8, 4) is 5.69 Å². The number of pyridine rings is 1. The number of carbonyl (C=O) groups is 1. The molecule has 0 bridgehead atoms. The van der Waals surface area contributed by atoms with E-state index in [1.807, 2.05) is 13.8 Å². The molecule has 0 atom stereocenters. The molecule has 0 fully saturated rings. The van der Waals surface area contributed by atoms with E-state index in [0.717, 1.165) is 6.20 Å². The first-order chi connectivity index (χ1) is 9.93. The average molecular weight is 288 g/mol. The summed E-state index contributed by atoms with van der Waals surface area (Å²) in [6, 6.07) is 1.32. The van der Waals surface area contributed by atoms with Gasteiger partial charge in [0, 0.05) is 19.0 Å². The van der Waals surface area contributed by atoms with Crippen LogP contribution in [0.2, 0.25) is 0 Å². The summed E-state index contributed by atoms with van der Waals surface area (Å²) in [4.78, 5) is 17.4. The van der Waals surface area contributed by atoms with Gasteiger partial charge in [0.25, 0.3) is 0 Å². The fraction of sp³-hybridized carbons (Fsp3) is 0.267. The van der Waals surface area contributed by atoms with Gasteiger partial charge in [-0.1, -0.05) is 20.4 Å². The second kappa shape index (κ2) is 5.87. The molecule has 2 rings (SSSR count). The molecule has 0 radical (unpaired) electrons. The Labute approximate surface area is 122 Å². The minimum Gasteiger partial charge on any atom is -0.312 e. The molecule has 21 heavy (non-hydrogen) atoms. The lowest BCUT2D eigenvalue weighted by atomic mass is 10.2. The zero-order chi connectivity index (χ0) is 15.6. The fourth-order valence-electron chi connectivity index (χ4n) is 1.95. The molecule has 2 aromatic rings. The van der Waals surface area contributed by atoms with Crippen LogP contribution in [-0.4, -0.2) is 27.7 Å². The molecule has 0 aliphatic carbocycles. The maximum Gasteiger partial charge on any atom is 0.229 e. The molecular formula is C15H17FN4O. The van der Waals surface area contributed by atoms with Gasteiger partial charge in [0.15, 0.2) is 0 Å². The highest BCUT2D eigenvalue weighted by Gasteiger charge is 2.19. The Kier molecular flexibility index (Phi) is 4.16. The molecule has 110 valence electrons. The Hall–Kier alpha value is -2.50. The summed E-state index contributed by atoms with van der Waals surface area (Å²) in [6.45, 7) is 7.35. The summed E-state index contributed by atoms with van der Waals surface area (Å²) in [7, 11) is 1.68. The first kappa shape index (κ1) is 14.9. The Morgan fingerprint density at radius 2 is 2.19 bits per heavy atom. The van der Waals surface area contributed by atoms with Crippen molar-refractivity contribution in [3.05, 3.63) is 42.7 Å². The molecule has 0 aliphatic heterocycles. The minimum atomic E-state index is -0.448. The van der Waals surface area contributed by atoms with Crippen molar-refractivity contribution < 1.29 is 9.18 Å². The summed E-state index contributed by atoms with van der Waals surface area (Å²) in [5.41, 5.74) is 1.65. The number of rotatable bonds is 4. The molecule has 5 nitrogen and oxygen atoms in total. The van der Waals surface area contributed by atoms with Crippen LogP contribution in [0.3, 0.4) is 0 Å². The molecule has 0 spiro atoms. The Bertz CT molecular complexity index is 678. The number of hydrogen-bond acceptors (Lipinski definition) is 3. The lowest BCUT2D eigenvalue weighted by Gasteiger charge is -2.18. The average Bonchev–Trinajstić information content (AvgIpc) is 2.89. The molecule has 0 saturated heterocycles. The Balaban J connectivity index is 2.45. The topological polar surface area (TPSA) is 51.0 Å². The summed E-state index contributed by atoms with van der Waals surface area (Å²) in [5.74, 6) is -0.613. The van der Waals surface area contributed by atoms with Gasteiger partial charge in [-0.2, -0.15) is 5.10 Å². The molecular weight excluding hydrogens is 271 g/mol. The van der Waals surface area contributed by atoms with Gasteiger partial charge < -0.3 is 4.90 Å². The van der Waals surface area contributed by atoms with Crippen LogP contribution in [0.15, 0.2) is 31.2 Å². The van der Waals surface area contributed by atoms with Crippen molar-refractivity contribution in [3.63, 3.8) is 0 Å². The Morgan fingerprint density at radius 1 is 1.48 bits per heavy atom. The van der Waals surface area contributed by atoms with Crippen LogP contribution in [0.25, 0.3) is 11.8 Å². The molecule has 2 heterocycles. The molecule has 0 saturated carbocycles. The second-order valence-electron chi connectivity index (χ2n) is 4.96. The maximum absolute atomic E-state index is 13.2. The third kappa shape index (κ3) is 2.99. The van der Waals surface area contributed by atoms with Crippen LogP contribution in [0.5, 0.6) is 0 Å². The maximum atomic E-state index is 13.2. The van der Waals surface area contributed by atoms with Gasteiger partial charge in [0.1, 0.15) is 11.5 Å². The van der Waals surface area contributed by atoms with Crippen molar-refractivity contribution in [1.29, 1.82) is 0 Å². The number of nitrogens with zero attached hydrogens (tertiary/aromatic N) is 4. The molecule has 0 unspecified atom stereocenters. The lowest BCUT2D eigenvalue weighted by Crippen LogP contribution is -2.30. The first-order valence-electron chi connectivity index (χ1n) is 6.54. The van der Waals surface area contributed by atoms with Gasteiger partial charge in [-0.05, 0) is 6.08 Å². The second-order valence-corrected chi connectivity index (χ2v) is 4.96. The first-order valence-corrected chi connectivity index (χ1v) is 6.54. The van der Waals surface area contributed by atoms with Gasteiger partial charge in [-0.25, -0.2) is 9.07 Å². The number of aromatic nitrogens is 3. The number of carbonyl (C=O) groups excluding carboxylic acids is 1. The van der Waals surface area contributed by atoms with E-state index in [9.17, 15) is 9.18 Å². The van der Waals surface area contributed by atoms with Crippen molar-refractivity contribution >= 4 is 17.7 Å². The predicted molar refractivity (Wildman–Crippen MR) is 79.7 cm³/mol. The zero-order valence-electron chi connectivity index (χ0n) is 12.2. The number of amides is 1. The standard InChI is InChI=1S/C15H17FN4O/c1-5-13-14(19(4)15(21)10(2)3)9-20(18-13)12-6-11(16)7-17-8-12/h5-10H,1H2,2-4H3. The van der Waals surface area contributed by atoms with Gasteiger partial charge in [-0.15, -0.1) is 0 Å². The molecule has 0 N–H and O–H groups in total. The van der Waals surface area contributed by atoms with E-state index >= 15 is 0 Å². The van der Waals surface area contributed by atoms with Crippen molar-refractivity contribution in [1.82, 2.24) is 14.8 Å². The van der Waals surface area contributed by atoms with Crippen molar-refractivity contribution in [2.24, 2.45) is 5.92 Å². The third-order valence-corrected chi connectivity index (χ3v) is 3.06. The van der Waals surface area contributed by atoms with Crippen LogP contribution in [-0.2, 0) is 4.79 Å². The monoisotopic (exact) mass is 288 g/mol. The smallest absolute Gasteiger partial charge is 0.229 e. The van der Waals surface area contributed by atoms with E-state index < -0.39 is 5.82 Å². The van der Waals surface area contributed by atoms with Crippen LogP contribution in [0.1, 0.15) is 19.5 Å². The molecule has 0 aliphatic rings. The van der Waals surface area contributed by atoms with E-state index in [4.69, 9.17) is 0 Å². The van der Waals surface area contributed by atoms with Crippen LogP contribution < -0.4 is 4.90 Å². The Morgan fingerprint density at radius 3 is 2.76 bits per heavy atom. The van der Waals surface area contributed by atoms with Crippen molar-refractivity contribution in [2.45, 2.75) is 13.8 Å². The SMILES string of the molecule is C=Cc1nn(-c2cncc(F)c2)cc1N(C)C(=O)C(C)C. The minimum absolute atomic E-state index is 0.0324. The molecule has 1 amide bonds. The number of halogens is 1. The van der Waals surface area contributed by atoms with Crippen molar-refractivity contribution in [2.75, 3.05) is 11.9 Å². The van der Waals surface area contributed by atoms with E-state index in [-0.39, 0.29) is 11.8 Å². The van der Waals surface area contributed by atoms with Gasteiger partial charge in [0.05, 0.1) is 30.0 Å². The summed E-state index contributed by atoms with van der Waals surface area (Å²) in [6.07, 6.45) is 5.84. The van der Waals surface area contributed by atoms with Gasteiger partial charge in [-0.3, -0.25) is 9.78 Å². The van der Waals surface area contributed by atoms with Crippen LogP contribution >= 0.6 is 0 Å². The zero-order valence-corrected chi connectivity index (χ0v) is 12.2. The summed E-state index contributed by atoms with van der Waals surface area (Å²) < 4.78 is 14.7. The largest absolute Gasteiger partial charge is 0.312 e. The highest BCUT2D eigenvalue weighted by Crippen LogP contribution is 2.23. The predicted octanol–water partition coefficient (Wildman–Crippen LogP) is 2.67. The third-order valence-electron chi connectivity index (χ3n) is 3.06. The van der Waals surface area contributed by atoms with E-state index in [2.05, 4.69) is 16.7 Å². The quantitative estimate of drug-likeness (QED) is 0.869. The normalized spacial score (nSPS) is 10.7. The number of anilines is 1. The van der Waals surface area contributed by atoms with Crippen LogP contribution in [0.4, 0.5) is 10.1 Å². The van der Waals surface area contributed by atoms with E-state index in [1.54, 1.807) is 19.3 Å². The lowest BCUT2D eigenvalue weighted by molar-refractivity contribution is -0.121. The summed E-state index contributed by atoms with van der Waals surface area (Å²) in [5, 5.41) is 4.30. The fourth-order valence-corrected chi connectivity index (χ4v) is 1.95. The molecule has 2 aromatic heterocycles. The number of hydrogen-bond donors (Lipinski definition) is 0. The van der Waals surface area contributed by atoms with E-state index in [1.165, 1.54) is 21.8 Å². The highest BCUT2D eigenvalue weighted by atomic mass is 19.1. The van der Waals surface area contributed by atoms with Crippen LogP contribution in [0, 0.1) is 11.7 Å².